The van der Waals surface area contributed by atoms with Gasteiger partial charge in [0.05, 0.1) is 6.07 Å². The lowest BCUT2D eigenvalue weighted by Gasteiger charge is -2.11. The van der Waals surface area contributed by atoms with E-state index in [2.05, 4.69) is 11.4 Å². The lowest BCUT2D eigenvalue weighted by atomic mass is 10.1. The first-order chi connectivity index (χ1) is 8.70. The molecule has 1 aromatic heterocycles. The first kappa shape index (κ1) is 12.4. The van der Waals surface area contributed by atoms with Crippen molar-refractivity contribution in [2.75, 3.05) is 0 Å². The molecule has 92 valence electrons. The summed E-state index contributed by atoms with van der Waals surface area (Å²) in [5, 5.41) is 32.8. The highest BCUT2D eigenvalue weighted by atomic mass is 32.1. The molecule has 0 aliphatic carbocycles. The summed E-state index contributed by atoms with van der Waals surface area (Å²) >= 11 is 1.61. The molecule has 2 aromatic rings. The number of benzene rings is 1. The van der Waals surface area contributed by atoms with E-state index in [-0.39, 0.29) is 11.5 Å². The predicted molar refractivity (Wildman–Crippen MR) is 69.3 cm³/mol. The van der Waals surface area contributed by atoms with Crippen LogP contribution in [0.15, 0.2) is 35.7 Å². The largest absolute Gasteiger partial charge is 0.504 e. The van der Waals surface area contributed by atoms with Gasteiger partial charge < -0.3 is 10.2 Å². The Kier molecular flexibility index (Phi) is 3.82. The van der Waals surface area contributed by atoms with Gasteiger partial charge in [-0.3, -0.25) is 5.32 Å². The number of nitrogens with one attached hydrogen (secondary N) is 1. The Hall–Kier alpha value is -2.03. The lowest BCUT2D eigenvalue weighted by Crippen LogP contribution is -2.18. The second-order valence-electron chi connectivity index (χ2n) is 3.77. The van der Waals surface area contributed by atoms with E-state index in [1.54, 1.807) is 17.4 Å². The predicted octanol–water partition coefficient (Wildman–Crippen LogP) is 2.51. The van der Waals surface area contributed by atoms with Gasteiger partial charge in [-0.15, -0.1) is 11.3 Å². The molecule has 2 rings (SSSR count). The third-order valence-electron chi connectivity index (χ3n) is 2.52. The first-order valence-corrected chi connectivity index (χ1v) is 6.26. The van der Waals surface area contributed by atoms with Gasteiger partial charge in [0.15, 0.2) is 11.5 Å². The molecule has 1 unspecified atom stereocenters. The molecule has 0 fully saturated rings. The second kappa shape index (κ2) is 5.54. The van der Waals surface area contributed by atoms with Crippen molar-refractivity contribution in [3.8, 4) is 17.6 Å². The van der Waals surface area contributed by atoms with Crippen LogP contribution in [0.1, 0.15) is 16.5 Å². The van der Waals surface area contributed by atoms with Crippen LogP contribution >= 0.6 is 11.3 Å². The Morgan fingerprint density at radius 1 is 1.28 bits per heavy atom. The molecule has 4 nitrogen and oxygen atoms in total. The van der Waals surface area contributed by atoms with Crippen molar-refractivity contribution in [3.63, 3.8) is 0 Å². The molecular weight excluding hydrogens is 248 g/mol. The van der Waals surface area contributed by atoms with Gasteiger partial charge in [0.25, 0.3) is 0 Å². The van der Waals surface area contributed by atoms with Crippen molar-refractivity contribution in [2.45, 2.75) is 12.6 Å². The lowest BCUT2D eigenvalue weighted by molar-refractivity contribution is 0.402. The molecule has 0 saturated carbocycles. The molecule has 3 N–H and O–H groups in total. The fourth-order valence-electron chi connectivity index (χ4n) is 1.57. The molecule has 0 saturated heterocycles. The number of phenolic OH excluding ortho intramolecular Hbond substituents is 2. The number of hydrogen-bond acceptors (Lipinski definition) is 5. The van der Waals surface area contributed by atoms with Crippen LogP contribution in [-0.4, -0.2) is 10.2 Å². The zero-order chi connectivity index (χ0) is 13.0. The summed E-state index contributed by atoms with van der Waals surface area (Å²) in [6.07, 6.45) is 0. The van der Waals surface area contributed by atoms with E-state index in [0.29, 0.717) is 12.1 Å². The molecule has 1 atom stereocenters. The molecule has 5 heteroatoms. The third kappa shape index (κ3) is 2.80. The number of thiophene rings is 1. The molecule has 0 radical (unpaired) electrons. The highest BCUT2D eigenvalue weighted by molar-refractivity contribution is 7.09. The van der Waals surface area contributed by atoms with Crippen molar-refractivity contribution in [1.82, 2.24) is 5.32 Å². The normalized spacial score (nSPS) is 11.9. The van der Waals surface area contributed by atoms with Crippen molar-refractivity contribution in [2.24, 2.45) is 0 Å². The van der Waals surface area contributed by atoms with Crippen molar-refractivity contribution >= 4 is 11.3 Å². The van der Waals surface area contributed by atoms with Gasteiger partial charge in [-0.05, 0) is 29.1 Å². The average molecular weight is 260 g/mol. The minimum atomic E-state index is -0.515. The Morgan fingerprint density at radius 3 is 2.72 bits per heavy atom. The summed E-state index contributed by atoms with van der Waals surface area (Å²) in [7, 11) is 0. The number of nitrogens with zero attached hydrogens (tertiary/aromatic N) is 1. The van der Waals surface area contributed by atoms with Gasteiger partial charge in [0.1, 0.15) is 6.04 Å². The minimum Gasteiger partial charge on any atom is -0.504 e. The molecular formula is C13H12N2O2S. The molecule has 0 amide bonds. The summed E-state index contributed by atoms with van der Waals surface area (Å²) < 4.78 is 0. The standard InChI is InChI=1S/C13H12N2O2S/c14-7-11(15-8-10-2-1-5-18-10)9-3-4-12(16)13(17)6-9/h1-6,11,15-17H,8H2. The van der Waals surface area contributed by atoms with Gasteiger partial charge in [-0.1, -0.05) is 12.1 Å². The van der Waals surface area contributed by atoms with Crippen LogP contribution < -0.4 is 5.32 Å². The minimum absolute atomic E-state index is 0.186. The Bertz CT molecular complexity index is 561. The Morgan fingerprint density at radius 2 is 2.11 bits per heavy atom. The number of nitriles is 1. The Labute approximate surface area is 109 Å². The molecule has 1 aromatic carbocycles. The van der Waals surface area contributed by atoms with Gasteiger partial charge in [-0.2, -0.15) is 5.26 Å². The molecule has 0 spiro atoms. The van der Waals surface area contributed by atoms with Crippen LogP contribution in [0.4, 0.5) is 0 Å². The monoisotopic (exact) mass is 260 g/mol. The fourth-order valence-corrected chi connectivity index (χ4v) is 2.23. The number of phenols is 2. The van der Waals surface area contributed by atoms with E-state index in [1.165, 1.54) is 12.1 Å². The van der Waals surface area contributed by atoms with E-state index < -0.39 is 6.04 Å². The van der Waals surface area contributed by atoms with E-state index in [9.17, 15) is 10.2 Å². The van der Waals surface area contributed by atoms with Crippen LogP contribution in [0.5, 0.6) is 11.5 Å². The van der Waals surface area contributed by atoms with Crippen molar-refractivity contribution < 1.29 is 10.2 Å². The smallest absolute Gasteiger partial charge is 0.157 e. The fraction of sp³-hybridized carbons (Fsp3) is 0.154. The van der Waals surface area contributed by atoms with Crippen molar-refractivity contribution in [3.05, 3.63) is 46.2 Å². The third-order valence-corrected chi connectivity index (χ3v) is 3.40. The molecule has 1 heterocycles. The highest BCUT2D eigenvalue weighted by Gasteiger charge is 2.12. The maximum Gasteiger partial charge on any atom is 0.157 e. The SMILES string of the molecule is N#CC(NCc1cccs1)c1ccc(O)c(O)c1. The van der Waals surface area contributed by atoms with Crippen LogP contribution in [-0.2, 0) is 6.54 Å². The first-order valence-electron chi connectivity index (χ1n) is 5.38. The molecule has 0 bridgehead atoms. The van der Waals surface area contributed by atoms with Crippen molar-refractivity contribution in [1.29, 1.82) is 5.26 Å². The van der Waals surface area contributed by atoms with Gasteiger partial charge >= 0.3 is 0 Å². The Balaban J connectivity index is 2.08. The van der Waals surface area contributed by atoms with Crippen LogP contribution in [0.25, 0.3) is 0 Å². The summed E-state index contributed by atoms with van der Waals surface area (Å²) in [5.41, 5.74) is 0.629. The van der Waals surface area contributed by atoms with E-state index in [0.717, 1.165) is 4.88 Å². The highest BCUT2D eigenvalue weighted by Crippen LogP contribution is 2.27. The van der Waals surface area contributed by atoms with Gasteiger partial charge in [0, 0.05) is 11.4 Å². The molecule has 18 heavy (non-hydrogen) atoms. The van der Waals surface area contributed by atoms with E-state index >= 15 is 0 Å². The number of aromatic hydroxyl groups is 2. The summed E-state index contributed by atoms with van der Waals surface area (Å²) in [6, 6.07) is 9.94. The van der Waals surface area contributed by atoms with Gasteiger partial charge in [0.2, 0.25) is 0 Å². The maximum atomic E-state index is 9.41. The van der Waals surface area contributed by atoms with Crippen LogP contribution in [0, 0.1) is 11.3 Å². The number of rotatable bonds is 4. The second-order valence-corrected chi connectivity index (χ2v) is 4.80. The van der Waals surface area contributed by atoms with Gasteiger partial charge in [-0.25, -0.2) is 0 Å². The number of hydrogen-bond donors (Lipinski definition) is 3. The quantitative estimate of drug-likeness (QED) is 0.738. The zero-order valence-electron chi connectivity index (χ0n) is 9.50. The van der Waals surface area contributed by atoms with E-state index in [4.69, 9.17) is 5.26 Å². The average Bonchev–Trinajstić information content (AvgIpc) is 2.87. The zero-order valence-corrected chi connectivity index (χ0v) is 10.3. The van der Waals surface area contributed by atoms with E-state index in [1.807, 2.05) is 17.5 Å². The maximum absolute atomic E-state index is 9.41. The summed E-state index contributed by atoms with van der Waals surface area (Å²) in [5.74, 6) is -0.403. The summed E-state index contributed by atoms with van der Waals surface area (Å²) in [4.78, 5) is 1.14. The topological polar surface area (TPSA) is 76.3 Å². The summed E-state index contributed by atoms with van der Waals surface area (Å²) in [6.45, 7) is 0.595. The molecule has 0 aliphatic rings. The van der Waals surface area contributed by atoms with Crippen LogP contribution in [0.2, 0.25) is 0 Å². The molecule has 0 aliphatic heterocycles. The van der Waals surface area contributed by atoms with Crippen LogP contribution in [0.3, 0.4) is 0 Å².